The molecule has 0 aromatic heterocycles. The molecule has 1 aromatic carbocycles. The number of benzene rings is 1. The summed E-state index contributed by atoms with van der Waals surface area (Å²) in [6, 6.07) is 7.71. The van der Waals surface area contributed by atoms with Crippen LogP contribution in [0.4, 0.5) is 0 Å². The molecule has 1 aromatic rings. The average Bonchev–Trinajstić information content (AvgIpc) is 2.44. The van der Waals surface area contributed by atoms with Crippen molar-refractivity contribution in [2.24, 2.45) is 0 Å². The summed E-state index contributed by atoms with van der Waals surface area (Å²) in [7, 11) is 1.83. The number of amides is 1. The van der Waals surface area contributed by atoms with Gasteiger partial charge in [-0.1, -0.05) is 25.5 Å². The van der Waals surface area contributed by atoms with Crippen LogP contribution in [0, 0.1) is 0 Å². The quantitative estimate of drug-likeness (QED) is 0.704. The summed E-state index contributed by atoms with van der Waals surface area (Å²) in [4.78, 5) is 13.6. The number of carbonyl (C=O) groups is 1. The fourth-order valence-electron chi connectivity index (χ4n) is 1.64. The van der Waals surface area contributed by atoms with Crippen molar-refractivity contribution in [2.75, 3.05) is 20.2 Å². The maximum Gasteiger partial charge on any atom is 0.246 e. The Bertz CT molecular complexity index is 409. The summed E-state index contributed by atoms with van der Waals surface area (Å²) in [6.45, 7) is 5.55. The molecule has 0 saturated heterocycles. The van der Waals surface area contributed by atoms with Gasteiger partial charge in [0.2, 0.25) is 5.91 Å². The van der Waals surface area contributed by atoms with E-state index in [0.29, 0.717) is 6.61 Å². The number of rotatable bonds is 7. The Labute approximate surface area is 115 Å². The van der Waals surface area contributed by atoms with Crippen LogP contribution in [0.2, 0.25) is 0 Å². The summed E-state index contributed by atoms with van der Waals surface area (Å²) in [5.74, 6) is 0.897. The molecule has 0 bridgehead atoms. The number of carbonyl (C=O) groups excluding carboxylic acids is 1. The van der Waals surface area contributed by atoms with Crippen molar-refractivity contribution in [1.29, 1.82) is 0 Å². The van der Waals surface area contributed by atoms with Gasteiger partial charge in [-0.3, -0.25) is 4.79 Å². The molecule has 3 heteroatoms. The van der Waals surface area contributed by atoms with Gasteiger partial charge in [-0.15, -0.1) is 0 Å². The van der Waals surface area contributed by atoms with Gasteiger partial charge in [0.25, 0.3) is 0 Å². The zero-order chi connectivity index (χ0) is 14.1. The number of likely N-dealkylation sites (N-methyl/N-ethyl adjacent to an activating group) is 1. The molecule has 0 fully saturated rings. The summed E-state index contributed by atoms with van der Waals surface area (Å²) in [5.41, 5.74) is 1.00. The Hall–Kier alpha value is -1.77. The predicted octanol–water partition coefficient (Wildman–Crippen LogP) is 3.36. The maximum absolute atomic E-state index is 11.8. The van der Waals surface area contributed by atoms with Crippen LogP contribution >= 0.6 is 0 Å². The Morgan fingerprint density at radius 3 is 2.53 bits per heavy atom. The monoisotopic (exact) mass is 261 g/mol. The lowest BCUT2D eigenvalue weighted by atomic mass is 10.2. The maximum atomic E-state index is 11.8. The number of hydrogen-bond acceptors (Lipinski definition) is 2. The first-order valence-electron chi connectivity index (χ1n) is 6.83. The second-order valence-electron chi connectivity index (χ2n) is 4.45. The van der Waals surface area contributed by atoms with Gasteiger partial charge in [0.1, 0.15) is 5.75 Å². The first-order chi connectivity index (χ1) is 9.17. The number of hydrogen-bond donors (Lipinski definition) is 0. The van der Waals surface area contributed by atoms with Crippen molar-refractivity contribution >= 4 is 12.0 Å². The molecule has 1 amide bonds. The summed E-state index contributed by atoms with van der Waals surface area (Å²) in [6.07, 6.45) is 5.59. The van der Waals surface area contributed by atoms with E-state index < -0.39 is 0 Å². The molecule has 0 atom stereocenters. The lowest BCUT2D eigenvalue weighted by Crippen LogP contribution is -2.25. The molecule has 104 valence electrons. The van der Waals surface area contributed by atoms with Gasteiger partial charge < -0.3 is 9.64 Å². The van der Waals surface area contributed by atoms with Crippen molar-refractivity contribution in [3.8, 4) is 5.75 Å². The largest absolute Gasteiger partial charge is 0.494 e. The molecule has 0 radical (unpaired) electrons. The number of nitrogens with zero attached hydrogens (tertiary/aromatic N) is 1. The van der Waals surface area contributed by atoms with Gasteiger partial charge in [-0.25, -0.2) is 0 Å². The first kappa shape index (κ1) is 15.3. The normalized spacial score (nSPS) is 10.7. The molecule has 0 aliphatic rings. The standard InChI is InChI=1S/C16H23NO2/c1-4-6-13-17(3)16(18)12-9-14-7-10-15(11-8-14)19-5-2/h7-12H,4-6,13H2,1-3H3/b12-9+. The van der Waals surface area contributed by atoms with E-state index in [0.717, 1.165) is 30.7 Å². The second-order valence-corrected chi connectivity index (χ2v) is 4.45. The minimum atomic E-state index is 0.0438. The third kappa shape index (κ3) is 5.60. The van der Waals surface area contributed by atoms with Crippen LogP contribution < -0.4 is 4.74 Å². The molecule has 0 spiro atoms. The zero-order valence-corrected chi connectivity index (χ0v) is 12.1. The van der Waals surface area contributed by atoms with E-state index in [4.69, 9.17) is 4.74 Å². The van der Waals surface area contributed by atoms with Crippen molar-refractivity contribution in [1.82, 2.24) is 4.90 Å². The van der Waals surface area contributed by atoms with Gasteiger partial charge in [0.05, 0.1) is 6.61 Å². The molecular weight excluding hydrogens is 238 g/mol. The minimum absolute atomic E-state index is 0.0438. The van der Waals surface area contributed by atoms with Gasteiger partial charge in [-0.2, -0.15) is 0 Å². The van der Waals surface area contributed by atoms with E-state index in [1.54, 1.807) is 11.0 Å². The molecule has 0 heterocycles. The van der Waals surface area contributed by atoms with Gasteiger partial charge in [-0.05, 0) is 37.1 Å². The topological polar surface area (TPSA) is 29.5 Å². The first-order valence-corrected chi connectivity index (χ1v) is 6.83. The lowest BCUT2D eigenvalue weighted by Gasteiger charge is -2.13. The van der Waals surface area contributed by atoms with Crippen molar-refractivity contribution in [3.63, 3.8) is 0 Å². The second kappa shape index (κ2) is 8.35. The molecule has 0 N–H and O–H groups in total. The minimum Gasteiger partial charge on any atom is -0.494 e. The van der Waals surface area contributed by atoms with Crippen molar-refractivity contribution in [3.05, 3.63) is 35.9 Å². The fraction of sp³-hybridized carbons (Fsp3) is 0.438. The van der Waals surface area contributed by atoms with Crippen LogP contribution in [0.1, 0.15) is 32.3 Å². The summed E-state index contributed by atoms with van der Waals surface area (Å²) < 4.78 is 5.37. The van der Waals surface area contributed by atoms with Crippen LogP contribution in [0.5, 0.6) is 5.75 Å². The lowest BCUT2D eigenvalue weighted by molar-refractivity contribution is -0.124. The average molecular weight is 261 g/mol. The predicted molar refractivity (Wildman–Crippen MR) is 79.2 cm³/mol. The molecule has 19 heavy (non-hydrogen) atoms. The highest BCUT2D eigenvalue weighted by Crippen LogP contribution is 2.13. The molecule has 1 rings (SSSR count). The van der Waals surface area contributed by atoms with Gasteiger partial charge in [0.15, 0.2) is 0 Å². The van der Waals surface area contributed by atoms with E-state index in [1.165, 1.54) is 0 Å². The molecule has 3 nitrogen and oxygen atoms in total. The van der Waals surface area contributed by atoms with E-state index >= 15 is 0 Å². The molecular formula is C16H23NO2. The molecule has 0 aliphatic heterocycles. The van der Waals surface area contributed by atoms with Crippen LogP contribution in [-0.2, 0) is 4.79 Å². The van der Waals surface area contributed by atoms with Crippen LogP contribution in [-0.4, -0.2) is 31.0 Å². The van der Waals surface area contributed by atoms with Gasteiger partial charge >= 0.3 is 0 Å². The van der Waals surface area contributed by atoms with Crippen molar-refractivity contribution in [2.45, 2.75) is 26.7 Å². The smallest absolute Gasteiger partial charge is 0.246 e. The molecule has 0 unspecified atom stereocenters. The van der Waals surface area contributed by atoms with Crippen LogP contribution in [0.3, 0.4) is 0 Å². The van der Waals surface area contributed by atoms with E-state index in [-0.39, 0.29) is 5.91 Å². The van der Waals surface area contributed by atoms with Crippen molar-refractivity contribution < 1.29 is 9.53 Å². The van der Waals surface area contributed by atoms with E-state index in [1.807, 2.05) is 44.3 Å². The van der Waals surface area contributed by atoms with E-state index in [9.17, 15) is 4.79 Å². The third-order valence-electron chi connectivity index (χ3n) is 2.83. The Kier molecular flexibility index (Phi) is 6.72. The Morgan fingerprint density at radius 2 is 1.95 bits per heavy atom. The fourth-order valence-corrected chi connectivity index (χ4v) is 1.64. The Balaban J connectivity index is 2.53. The highest BCUT2D eigenvalue weighted by atomic mass is 16.5. The highest BCUT2D eigenvalue weighted by Gasteiger charge is 2.03. The van der Waals surface area contributed by atoms with Crippen LogP contribution in [0.25, 0.3) is 6.08 Å². The molecule has 0 saturated carbocycles. The van der Waals surface area contributed by atoms with E-state index in [2.05, 4.69) is 6.92 Å². The summed E-state index contributed by atoms with van der Waals surface area (Å²) >= 11 is 0. The highest BCUT2D eigenvalue weighted by molar-refractivity contribution is 5.91. The van der Waals surface area contributed by atoms with Gasteiger partial charge in [0, 0.05) is 19.7 Å². The zero-order valence-electron chi connectivity index (χ0n) is 12.1. The number of unbranched alkanes of at least 4 members (excludes halogenated alkanes) is 1. The third-order valence-corrected chi connectivity index (χ3v) is 2.83. The SMILES string of the molecule is CCCCN(C)C(=O)/C=C/c1ccc(OCC)cc1. The van der Waals surface area contributed by atoms with Crippen LogP contribution in [0.15, 0.2) is 30.3 Å². The number of ether oxygens (including phenoxy) is 1. The summed E-state index contributed by atoms with van der Waals surface area (Å²) in [5, 5.41) is 0. The Morgan fingerprint density at radius 1 is 1.26 bits per heavy atom. The molecule has 0 aliphatic carbocycles.